The molecule has 0 amide bonds. The van der Waals surface area contributed by atoms with Gasteiger partial charge in [0.25, 0.3) is 10.0 Å². The number of hydrogen-bond donors (Lipinski definition) is 0. The highest BCUT2D eigenvalue weighted by Gasteiger charge is 2.17. The molecule has 0 unspecified atom stereocenters. The first-order chi connectivity index (χ1) is 12.3. The smallest absolute Gasteiger partial charge is 0.325 e. The molecule has 138 valence electrons. The Labute approximate surface area is 159 Å². The lowest BCUT2D eigenvalue weighted by Gasteiger charge is -2.06. The Bertz CT molecular complexity index is 1110. The molecule has 0 aliphatic carbocycles. The Morgan fingerprint density at radius 3 is 2.69 bits per heavy atom. The Kier molecular flexibility index (Phi) is 5.31. The van der Waals surface area contributed by atoms with Crippen molar-refractivity contribution in [3.05, 3.63) is 46.1 Å². The number of rotatable bonds is 5. The molecule has 0 atom stereocenters. The summed E-state index contributed by atoms with van der Waals surface area (Å²) in [5, 5.41) is 1.69. The highest BCUT2D eigenvalue weighted by Crippen LogP contribution is 2.24. The van der Waals surface area contributed by atoms with E-state index in [9.17, 15) is 13.2 Å². The van der Waals surface area contributed by atoms with Gasteiger partial charge in [-0.1, -0.05) is 37.3 Å². The quantitative estimate of drug-likeness (QED) is 0.604. The van der Waals surface area contributed by atoms with Crippen molar-refractivity contribution in [1.29, 1.82) is 0 Å². The first-order valence-corrected chi connectivity index (χ1v) is 11.0. The third-order valence-corrected chi connectivity index (χ3v) is 7.63. The second kappa shape index (κ2) is 7.34. The second-order valence-electron chi connectivity index (χ2n) is 5.93. The summed E-state index contributed by atoms with van der Waals surface area (Å²) in [7, 11) is -2.53. The molecule has 0 N–H and O–H groups in total. The predicted octanol–water partition coefficient (Wildman–Crippen LogP) is 3.35. The highest BCUT2D eigenvalue weighted by atomic mass is 32.2. The molecular formula is C17H18N2O4S3. The van der Waals surface area contributed by atoms with Crippen LogP contribution in [0.2, 0.25) is 0 Å². The van der Waals surface area contributed by atoms with Crippen molar-refractivity contribution in [2.75, 3.05) is 7.11 Å². The number of fused-ring (bicyclic) bond motifs is 1. The van der Waals surface area contributed by atoms with Crippen LogP contribution in [-0.2, 0) is 26.1 Å². The van der Waals surface area contributed by atoms with Gasteiger partial charge in [-0.25, -0.2) is 0 Å². The normalized spacial score (nSPS) is 12.8. The highest BCUT2D eigenvalue weighted by molar-refractivity contribution is 7.92. The van der Waals surface area contributed by atoms with Gasteiger partial charge in [-0.05, 0) is 35.1 Å². The first kappa shape index (κ1) is 18.8. The number of nitrogens with zero attached hydrogens (tertiary/aromatic N) is 2. The minimum Gasteiger partial charge on any atom is -0.468 e. The number of thiazole rings is 1. The minimum absolute atomic E-state index is 0.101. The van der Waals surface area contributed by atoms with Gasteiger partial charge in [0.05, 0.1) is 17.3 Å². The monoisotopic (exact) mass is 410 g/mol. The number of methoxy groups -OCH3 is 1. The molecule has 6 nitrogen and oxygen atoms in total. The molecule has 2 heterocycles. The van der Waals surface area contributed by atoms with Crippen LogP contribution >= 0.6 is 22.7 Å². The van der Waals surface area contributed by atoms with E-state index in [2.05, 4.69) is 18.2 Å². The van der Waals surface area contributed by atoms with Crippen LogP contribution in [0, 0.1) is 0 Å². The molecule has 0 aliphatic heterocycles. The van der Waals surface area contributed by atoms with Crippen LogP contribution in [-0.4, -0.2) is 26.1 Å². The number of esters is 1. The van der Waals surface area contributed by atoms with Gasteiger partial charge in [0, 0.05) is 0 Å². The molecule has 0 saturated heterocycles. The van der Waals surface area contributed by atoms with E-state index in [1.165, 1.54) is 24.5 Å². The van der Waals surface area contributed by atoms with Crippen LogP contribution in [0.15, 0.2) is 44.3 Å². The fraction of sp³-hybridized carbons (Fsp3) is 0.294. The fourth-order valence-electron chi connectivity index (χ4n) is 2.42. The van der Waals surface area contributed by atoms with Crippen LogP contribution in [0.5, 0.6) is 0 Å². The van der Waals surface area contributed by atoms with E-state index in [4.69, 9.17) is 4.74 Å². The molecule has 2 aromatic heterocycles. The van der Waals surface area contributed by atoms with Gasteiger partial charge in [-0.15, -0.1) is 15.7 Å². The average Bonchev–Trinajstić information content (AvgIpc) is 3.23. The van der Waals surface area contributed by atoms with Crippen molar-refractivity contribution in [2.45, 2.75) is 30.5 Å². The van der Waals surface area contributed by atoms with Gasteiger partial charge in [-0.2, -0.15) is 8.42 Å². The maximum absolute atomic E-state index is 12.5. The van der Waals surface area contributed by atoms with Gasteiger partial charge in [0.1, 0.15) is 10.8 Å². The zero-order chi connectivity index (χ0) is 18.9. The molecule has 26 heavy (non-hydrogen) atoms. The van der Waals surface area contributed by atoms with Crippen molar-refractivity contribution in [3.8, 4) is 0 Å². The third kappa shape index (κ3) is 3.74. The number of sulfonamides is 1. The molecule has 0 saturated carbocycles. The van der Waals surface area contributed by atoms with Crippen molar-refractivity contribution in [2.24, 2.45) is 4.40 Å². The molecule has 3 rings (SSSR count). The van der Waals surface area contributed by atoms with E-state index in [1.807, 2.05) is 18.2 Å². The van der Waals surface area contributed by atoms with Gasteiger partial charge < -0.3 is 9.30 Å². The fourth-order valence-corrected chi connectivity index (χ4v) is 5.67. The molecule has 3 aromatic rings. The Morgan fingerprint density at radius 1 is 1.31 bits per heavy atom. The summed E-state index contributed by atoms with van der Waals surface area (Å²) in [4.78, 5) is 12.1. The summed E-state index contributed by atoms with van der Waals surface area (Å²) < 4.78 is 36.5. The lowest BCUT2D eigenvalue weighted by molar-refractivity contribution is -0.141. The summed E-state index contributed by atoms with van der Waals surface area (Å²) >= 11 is 2.35. The number of aromatic nitrogens is 1. The topological polar surface area (TPSA) is 77.7 Å². The minimum atomic E-state index is -3.83. The van der Waals surface area contributed by atoms with Crippen LogP contribution in [0.3, 0.4) is 0 Å². The number of benzene rings is 1. The molecule has 0 bridgehead atoms. The summed E-state index contributed by atoms with van der Waals surface area (Å²) in [5.74, 6) is -0.126. The van der Waals surface area contributed by atoms with Crippen LogP contribution < -0.4 is 4.80 Å². The largest absolute Gasteiger partial charge is 0.468 e. The number of carbonyl (C=O) groups excluding carboxylic acids is 1. The summed E-state index contributed by atoms with van der Waals surface area (Å²) in [6.45, 7) is 4.07. The van der Waals surface area contributed by atoms with Crippen molar-refractivity contribution in [1.82, 2.24) is 4.57 Å². The SMILES string of the molecule is COC(=O)Cn1/c(=N/S(=O)(=O)c2cccs2)sc2cc(C(C)C)ccc21. The van der Waals surface area contributed by atoms with E-state index in [1.54, 1.807) is 16.0 Å². The molecular weight excluding hydrogens is 392 g/mol. The van der Waals surface area contributed by atoms with Gasteiger partial charge in [-0.3, -0.25) is 4.79 Å². The van der Waals surface area contributed by atoms with Gasteiger partial charge in [0.2, 0.25) is 4.80 Å². The molecule has 0 spiro atoms. The lowest BCUT2D eigenvalue weighted by atomic mass is 10.0. The third-order valence-electron chi connectivity index (χ3n) is 3.84. The molecule has 1 aromatic carbocycles. The number of carbonyl (C=O) groups is 1. The first-order valence-electron chi connectivity index (χ1n) is 7.86. The Balaban J connectivity index is 2.24. The lowest BCUT2D eigenvalue weighted by Crippen LogP contribution is -2.22. The summed E-state index contributed by atoms with van der Waals surface area (Å²) in [6, 6.07) is 9.05. The van der Waals surface area contributed by atoms with Crippen LogP contribution in [0.4, 0.5) is 0 Å². The van der Waals surface area contributed by atoms with E-state index < -0.39 is 16.0 Å². The summed E-state index contributed by atoms with van der Waals surface area (Å²) in [5.41, 5.74) is 1.89. The molecule has 0 radical (unpaired) electrons. The predicted molar refractivity (Wildman–Crippen MR) is 103 cm³/mol. The Hall–Kier alpha value is -1.97. The number of thiophene rings is 1. The van der Waals surface area contributed by atoms with Gasteiger partial charge in [0.15, 0.2) is 0 Å². The molecule has 0 fully saturated rings. The zero-order valence-corrected chi connectivity index (χ0v) is 17.0. The average molecular weight is 411 g/mol. The molecule has 9 heteroatoms. The van der Waals surface area contributed by atoms with Crippen LogP contribution in [0.25, 0.3) is 10.2 Å². The number of hydrogen-bond acceptors (Lipinski definition) is 6. The molecule has 0 aliphatic rings. The standard InChI is InChI=1S/C17H18N2O4S3/c1-11(2)12-6-7-13-14(9-12)25-17(19(13)10-15(20)23-3)18-26(21,22)16-5-4-8-24-16/h4-9,11H,10H2,1-3H3/b18-17-. The van der Waals surface area contributed by atoms with Crippen molar-refractivity contribution < 1.29 is 17.9 Å². The Morgan fingerprint density at radius 2 is 2.08 bits per heavy atom. The van der Waals surface area contributed by atoms with E-state index >= 15 is 0 Å². The maximum Gasteiger partial charge on any atom is 0.325 e. The summed E-state index contributed by atoms with van der Waals surface area (Å²) in [6.07, 6.45) is 0. The van der Waals surface area contributed by atoms with Crippen molar-refractivity contribution in [3.63, 3.8) is 0 Å². The van der Waals surface area contributed by atoms with Crippen molar-refractivity contribution >= 4 is 48.9 Å². The van der Waals surface area contributed by atoms with E-state index in [0.29, 0.717) is 5.92 Å². The van der Waals surface area contributed by atoms with Gasteiger partial charge >= 0.3 is 5.97 Å². The maximum atomic E-state index is 12.5. The van der Waals surface area contributed by atoms with E-state index in [0.717, 1.165) is 27.1 Å². The van der Waals surface area contributed by atoms with E-state index in [-0.39, 0.29) is 15.6 Å². The second-order valence-corrected chi connectivity index (χ2v) is 9.71. The zero-order valence-electron chi connectivity index (χ0n) is 14.5. The van der Waals surface area contributed by atoms with Crippen LogP contribution in [0.1, 0.15) is 25.3 Å². The number of ether oxygens (including phenoxy) is 1.